The first-order chi connectivity index (χ1) is 12.3. The molecule has 1 aliphatic rings. The van der Waals surface area contributed by atoms with Gasteiger partial charge >= 0.3 is 5.69 Å². The Balaban J connectivity index is 1.81. The third-order valence-corrected chi connectivity index (χ3v) is 5.12. The zero-order valence-corrected chi connectivity index (χ0v) is 15.8. The average molecular weight is 377 g/mol. The lowest BCUT2D eigenvalue weighted by Gasteiger charge is -2.36. The van der Waals surface area contributed by atoms with E-state index in [-0.39, 0.29) is 17.2 Å². The van der Waals surface area contributed by atoms with Crippen molar-refractivity contribution in [3.05, 3.63) is 61.4 Å². The fraction of sp³-hybridized carbons (Fsp3) is 0.389. The van der Waals surface area contributed by atoms with Crippen LogP contribution in [-0.4, -0.2) is 46.1 Å². The predicted molar refractivity (Wildman–Crippen MR) is 101 cm³/mol. The number of carbonyl (C=O) groups is 1. The van der Waals surface area contributed by atoms with E-state index in [0.717, 1.165) is 4.57 Å². The van der Waals surface area contributed by atoms with Crippen LogP contribution in [0.15, 0.2) is 33.9 Å². The first-order valence-electron chi connectivity index (χ1n) is 8.37. The Bertz CT molecular complexity index is 971. The molecule has 0 radical (unpaired) electrons. The van der Waals surface area contributed by atoms with Crippen LogP contribution in [0.1, 0.15) is 16.1 Å². The van der Waals surface area contributed by atoms with Gasteiger partial charge in [-0.05, 0) is 25.1 Å². The molecule has 0 spiro atoms. The van der Waals surface area contributed by atoms with Crippen LogP contribution in [0.5, 0.6) is 0 Å². The van der Waals surface area contributed by atoms with Crippen LogP contribution in [0, 0.1) is 6.92 Å². The number of anilines is 1. The van der Waals surface area contributed by atoms with Gasteiger partial charge in [0.15, 0.2) is 0 Å². The summed E-state index contributed by atoms with van der Waals surface area (Å²) < 4.78 is 2.59. The molecule has 1 fully saturated rings. The number of hydrogen-bond acceptors (Lipinski definition) is 4. The van der Waals surface area contributed by atoms with Gasteiger partial charge in [-0.25, -0.2) is 4.79 Å². The van der Waals surface area contributed by atoms with Crippen molar-refractivity contribution in [1.29, 1.82) is 0 Å². The second-order valence-electron chi connectivity index (χ2n) is 6.43. The first kappa shape index (κ1) is 18.3. The van der Waals surface area contributed by atoms with Gasteiger partial charge in [-0.2, -0.15) is 0 Å². The summed E-state index contributed by atoms with van der Waals surface area (Å²) in [4.78, 5) is 40.9. The Morgan fingerprint density at radius 2 is 1.69 bits per heavy atom. The van der Waals surface area contributed by atoms with E-state index >= 15 is 0 Å². The van der Waals surface area contributed by atoms with E-state index in [1.54, 1.807) is 43.1 Å². The summed E-state index contributed by atoms with van der Waals surface area (Å²) in [6, 6.07) is 6.88. The minimum Gasteiger partial charge on any atom is -0.362 e. The van der Waals surface area contributed by atoms with Crippen LogP contribution in [0.2, 0.25) is 5.02 Å². The summed E-state index contributed by atoms with van der Waals surface area (Å²) in [6.07, 6.45) is 0. The average Bonchev–Trinajstić information content (AvgIpc) is 2.65. The molecule has 0 saturated carbocycles. The predicted octanol–water partition coefficient (Wildman–Crippen LogP) is 1.01. The zero-order chi connectivity index (χ0) is 19.0. The topological polar surface area (TPSA) is 67.6 Å². The quantitative estimate of drug-likeness (QED) is 0.784. The fourth-order valence-corrected chi connectivity index (χ4v) is 3.42. The molecule has 1 aromatic carbocycles. The lowest BCUT2D eigenvalue weighted by atomic mass is 10.1. The Hall–Kier alpha value is -2.54. The Morgan fingerprint density at radius 3 is 2.31 bits per heavy atom. The number of piperazine rings is 1. The van der Waals surface area contributed by atoms with E-state index in [9.17, 15) is 14.4 Å². The number of carbonyl (C=O) groups excluding carboxylic acids is 1. The van der Waals surface area contributed by atoms with E-state index in [1.165, 1.54) is 11.6 Å². The largest absolute Gasteiger partial charge is 0.362 e. The Morgan fingerprint density at radius 1 is 1.04 bits per heavy atom. The number of amides is 1. The minimum absolute atomic E-state index is 0.0720. The second-order valence-corrected chi connectivity index (χ2v) is 6.87. The summed E-state index contributed by atoms with van der Waals surface area (Å²) in [5.74, 6) is -0.0720. The lowest BCUT2D eigenvalue weighted by Crippen LogP contribution is -2.52. The van der Waals surface area contributed by atoms with Crippen LogP contribution in [0.3, 0.4) is 0 Å². The van der Waals surface area contributed by atoms with Gasteiger partial charge in [0.1, 0.15) is 5.69 Å². The molecule has 1 aliphatic heterocycles. The molecule has 1 amide bonds. The highest BCUT2D eigenvalue weighted by Gasteiger charge is 2.26. The third-order valence-electron chi connectivity index (χ3n) is 4.88. The maximum atomic E-state index is 12.6. The molecule has 2 aromatic rings. The zero-order valence-electron chi connectivity index (χ0n) is 15.0. The van der Waals surface area contributed by atoms with Crippen molar-refractivity contribution in [2.24, 2.45) is 14.1 Å². The lowest BCUT2D eigenvalue weighted by molar-refractivity contribution is 0.0746. The van der Waals surface area contributed by atoms with Crippen molar-refractivity contribution in [1.82, 2.24) is 14.0 Å². The standard InChI is InChI=1S/C18H21ClN4O3/c1-12-15(17(25)21(3)18(26)20(12)2)22-7-9-23(10-8-22)16(24)13-5-4-6-14(19)11-13/h4-6,11H,7-10H2,1-3H3. The molecular weight excluding hydrogens is 356 g/mol. The molecule has 3 rings (SSSR count). The molecule has 1 aromatic heterocycles. The molecule has 0 bridgehead atoms. The van der Waals surface area contributed by atoms with Crippen LogP contribution < -0.4 is 16.1 Å². The minimum atomic E-state index is -0.342. The monoisotopic (exact) mass is 376 g/mol. The summed E-state index contributed by atoms with van der Waals surface area (Å²) in [5, 5.41) is 0.527. The van der Waals surface area contributed by atoms with Gasteiger partial charge in [0.2, 0.25) is 0 Å². The molecule has 138 valence electrons. The summed E-state index contributed by atoms with van der Waals surface area (Å²) in [6.45, 7) is 3.82. The van der Waals surface area contributed by atoms with Crippen LogP contribution in [0.25, 0.3) is 0 Å². The normalized spacial score (nSPS) is 14.6. The Kier molecular flexibility index (Phi) is 4.91. The van der Waals surface area contributed by atoms with Crippen molar-refractivity contribution in [3.8, 4) is 0 Å². The smallest absolute Gasteiger partial charge is 0.330 e. The van der Waals surface area contributed by atoms with Crippen molar-refractivity contribution >= 4 is 23.2 Å². The van der Waals surface area contributed by atoms with Crippen LogP contribution in [0.4, 0.5) is 5.69 Å². The van der Waals surface area contributed by atoms with Gasteiger partial charge in [0, 0.05) is 56.6 Å². The Labute approximate surface area is 156 Å². The van der Waals surface area contributed by atoms with Crippen LogP contribution >= 0.6 is 11.6 Å². The number of aromatic nitrogens is 2. The summed E-state index contributed by atoms with van der Waals surface area (Å²) in [7, 11) is 3.13. The molecule has 0 atom stereocenters. The third kappa shape index (κ3) is 3.14. The summed E-state index contributed by atoms with van der Waals surface area (Å²) >= 11 is 5.96. The van der Waals surface area contributed by atoms with Crippen LogP contribution in [-0.2, 0) is 14.1 Å². The number of benzene rings is 1. The van der Waals surface area contributed by atoms with Gasteiger partial charge in [-0.1, -0.05) is 17.7 Å². The summed E-state index contributed by atoms with van der Waals surface area (Å²) in [5.41, 5.74) is 1.06. The maximum absolute atomic E-state index is 12.6. The van der Waals surface area contributed by atoms with E-state index in [4.69, 9.17) is 11.6 Å². The molecule has 0 aliphatic carbocycles. The van der Waals surface area contributed by atoms with Crippen molar-refractivity contribution < 1.29 is 4.79 Å². The second kappa shape index (κ2) is 6.99. The van der Waals surface area contributed by atoms with Crippen molar-refractivity contribution in [3.63, 3.8) is 0 Å². The van der Waals surface area contributed by atoms with Gasteiger partial charge in [0.25, 0.3) is 11.5 Å². The molecule has 2 heterocycles. The van der Waals surface area contributed by atoms with Crippen molar-refractivity contribution in [2.75, 3.05) is 31.1 Å². The highest BCUT2D eigenvalue weighted by atomic mass is 35.5. The number of nitrogens with zero attached hydrogens (tertiary/aromatic N) is 4. The maximum Gasteiger partial charge on any atom is 0.330 e. The number of halogens is 1. The SMILES string of the molecule is Cc1c(N2CCN(C(=O)c3cccc(Cl)c3)CC2)c(=O)n(C)c(=O)n1C. The number of hydrogen-bond donors (Lipinski definition) is 0. The molecule has 0 N–H and O–H groups in total. The molecular formula is C18H21ClN4O3. The molecule has 8 heteroatoms. The van der Waals surface area contributed by atoms with E-state index in [1.807, 2.05) is 4.90 Å². The highest BCUT2D eigenvalue weighted by molar-refractivity contribution is 6.30. The fourth-order valence-electron chi connectivity index (χ4n) is 3.23. The van der Waals surface area contributed by atoms with E-state index in [0.29, 0.717) is 48.1 Å². The molecule has 1 saturated heterocycles. The van der Waals surface area contributed by atoms with Gasteiger partial charge in [0.05, 0.1) is 0 Å². The molecule has 0 unspecified atom stereocenters. The number of rotatable bonds is 2. The highest BCUT2D eigenvalue weighted by Crippen LogP contribution is 2.18. The van der Waals surface area contributed by atoms with Gasteiger partial charge in [-0.15, -0.1) is 0 Å². The van der Waals surface area contributed by atoms with Gasteiger partial charge < -0.3 is 9.80 Å². The van der Waals surface area contributed by atoms with E-state index < -0.39 is 0 Å². The van der Waals surface area contributed by atoms with Crippen molar-refractivity contribution in [2.45, 2.75) is 6.92 Å². The van der Waals surface area contributed by atoms with E-state index in [2.05, 4.69) is 0 Å². The first-order valence-corrected chi connectivity index (χ1v) is 8.75. The van der Waals surface area contributed by atoms with Gasteiger partial charge in [-0.3, -0.25) is 18.7 Å². The molecule has 26 heavy (non-hydrogen) atoms. The molecule has 7 nitrogen and oxygen atoms in total.